The summed E-state index contributed by atoms with van der Waals surface area (Å²) in [5.74, 6) is -1.05. The first kappa shape index (κ1) is 16.8. The number of rotatable bonds is 6. The van der Waals surface area contributed by atoms with Gasteiger partial charge in [0.2, 0.25) is 5.91 Å². The van der Waals surface area contributed by atoms with E-state index in [4.69, 9.17) is 0 Å². The average Bonchev–Trinajstić information content (AvgIpc) is 2.43. The highest BCUT2D eigenvalue weighted by atomic mass is 19.1. The SMILES string of the molecule is C/C(CC(=O)NCC(C)C)=N\NC(=O)c1ccccc1F. The maximum absolute atomic E-state index is 13.4. The van der Waals surface area contributed by atoms with Gasteiger partial charge in [-0.3, -0.25) is 9.59 Å². The summed E-state index contributed by atoms with van der Waals surface area (Å²) < 4.78 is 13.4. The summed E-state index contributed by atoms with van der Waals surface area (Å²) in [7, 11) is 0. The Morgan fingerprint density at radius 1 is 1.29 bits per heavy atom. The van der Waals surface area contributed by atoms with E-state index in [1.54, 1.807) is 13.0 Å². The molecule has 1 aromatic carbocycles. The maximum Gasteiger partial charge on any atom is 0.274 e. The summed E-state index contributed by atoms with van der Waals surface area (Å²) in [6.07, 6.45) is 0.0876. The number of nitrogens with zero attached hydrogens (tertiary/aromatic N) is 1. The minimum Gasteiger partial charge on any atom is -0.356 e. The molecule has 1 aromatic rings. The van der Waals surface area contributed by atoms with Crippen molar-refractivity contribution in [2.75, 3.05) is 6.54 Å². The second kappa shape index (κ2) is 8.14. The van der Waals surface area contributed by atoms with Crippen molar-refractivity contribution in [2.24, 2.45) is 11.0 Å². The summed E-state index contributed by atoms with van der Waals surface area (Å²) in [5, 5.41) is 6.55. The minimum absolute atomic E-state index is 0.0849. The first-order valence-electron chi connectivity index (χ1n) is 6.75. The largest absolute Gasteiger partial charge is 0.356 e. The van der Waals surface area contributed by atoms with Gasteiger partial charge < -0.3 is 5.32 Å². The van der Waals surface area contributed by atoms with E-state index in [2.05, 4.69) is 15.8 Å². The molecule has 0 fully saturated rings. The van der Waals surface area contributed by atoms with Gasteiger partial charge in [0.25, 0.3) is 5.91 Å². The molecule has 0 radical (unpaired) electrons. The van der Waals surface area contributed by atoms with E-state index in [-0.39, 0.29) is 17.9 Å². The molecule has 0 unspecified atom stereocenters. The lowest BCUT2D eigenvalue weighted by Gasteiger charge is -2.07. The Balaban J connectivity index is 2.50. The summed E-state index contributed by atoms with van der Waals surface area (Å²) in [6.45, 7) is 6.20. The molecule has 2 N–H and O–H groups in total. The number of halogens is 1. The molecular formula is C15H20FN3O2. The molecular weight excluding hydrogens is 273 g/mol. The fraction of sp³-hybridized carbons (Fsp3) is 0.400. The quantitative estimate of drug-likeness (QED) is 0.623. The molecule has 0 heterocycles. The van der Waals surface area contributed by atoms with Crippen LogP contribution in [0.2, 0.25) is 0 Å². The van der Waals surface area contributed by atoms with Crippen LogP contribution in [0.25, 0.3) is 0 Å². The molecule has 6 heteroatoms. The zero-order chi connectivity index (χ0) is 15.8. The lowest BCUT2D eigenvalue weighted by molar-refractivity contribution is -0.120. The van der Waals surface area contributed by atoms with Crippen molar-refractivity contribution < 1.29 is 14.0 Å². The topological polar surface area (TPSA) is 70.6 Å². The van der Waals surface area contributed by atoms with E-state index in [0.717, 1.165) is 0 Å². The van der Waals surface area contributed by atoms with E-state index in [9.17, 15) is 14.0 Å². The van der Waals surface area contributed by atoms with Crippen LogP contribution < -0.4 is 10.7 Å². The van der Waals surface area contributed by atoms with E-state index in [1.165, 1.54) is 18.2 Å². The van der Waals surface area contributed by atoms with Crippen molar-refractivity contribution in [1.82, 2.24) is 10.7 Å². The van der Waals surface area contributed by atoms with E-state index in [1.807, 2.05) is 13.8 Å². The van der Waals surface area contributed by atoms with Gasteiger partial charge >= 0.3 is 0 Å². The van der Waals surface area contributed by atoms with Gasteiger partial charge in [0.05, 0.1) is 12.0 Å². The fourth-order valence-corrected chi connectivity index (χ4v) is 1.50. The predicted octanol–water partition coefficient (Wildman–Crippen LogP) is 2.09. The molecule has 0 bridgehead atoms. The Hall–Kier alpha value is -2.24. The molecule has 0 saturated heterocycles. The Bertz CT molecular complexity index is 541. The predicted molar refractivity (Wildman–Crippen MR) is 79.4 cm³/mol. The Morgan fingerprint density at radius 3 is 2.57 bits per heavy atom. The number of hydrogen-bond acceptors (Lipinski definition) is 3. The Kier molecular flexibility index (Phi) is 6.52. The minimum atomic E-state index is -0.643. The Labute approximate surface area is 123 Å². The monoisotopic (exact) mass is 293 g/mol. The van der Waals surface area contributed by atoms with Crippen molar-refractivity contribution in [3.05, 3.63) is 35.6 Å². The Morgan fingerprint density at radius 2 is 1.95 bits per heavy atom. The van der Waals surface area contributed by atoms with Gasteiger partial charge in [-0.2, -0.15) is 5.10 Å². The number of benzene rings is 1. The molecule has 0 saturated carbocycles. The van der Waals surface area contributed by atoms with Crippen LogP contribution in [0.5, 0.6) is 0 Å². The van der Waals surface area contributed by atoms with Crippen LogP contribution in [0.3, 0.4) is 0 Å². The van der Waals surface area contributed by atoms with Crippen molar-refractivity contribution >= 4 is 17.5 Å². The fourth-order valence-electron chi connectivity index (χ4n) is 1.50. The van der Waals surface area contributed by atoms with Gasteiger partial charge in [0.1, 0.15) is 5.82 Å². The van der Waals surface area contributed by atoms with Gasteiger partial charge in [-0.05, 0) is 25.0 Å². The van der Waals surface area contributed by atoms with Crippen molar-refractivity contribution in [2.45, 2.75) is 27.2 Å². The summed E-state index contributed by atoms with van der Waals surface area (Å²) in [4.78, 5) is 23.3. The zero-order valence-electron chi connectivity index (χ0n) is 12.4. The van der Waals surface area contributed by atoms with E-state index in [0.29, 0.717) is 18.2 Å². The number of nitrogens with one attached hydrogen (secondary N) is 2. The molecule has 0 aromatic heterocycles. The maximum atomic E-state index is 13.4. The third-order valence-electron chi connectivity index (χ3n) is 2.59. The molecule has 0 spiro atoms. The standard InChI is InChI=1S/C15H20FN3O2/c1-10(2)9-17-14(20)8-11(3)18-19-15(21)12-6-4-5-7-13(12)16/h4-7,10H,8-9H2,1-3H3,(H,17,20)(H,19,21)/b18-11+. The number of amides is 2. The van der Waals surface area contributed by atoms with E-state index >= 15 is 0 Å². The molecule has 1 rings (SSSR count). The molecule has 21 heavy (non-hydrogen) atoms. The van der Waals surface area contributed by atoms with Crippen LogP contribution in [-0.4, -0.2) is 24.1 Å². The van der Waals surface area contributed by atoms with Crippen LogP contribution in [0, 0.1) is 11.7 Å². The van der Waals surface area contributed by atoms with Crippen LogP contribution in [0.15, 0.2) is 29.4 Å². The van der Waals surface area contributed by atoms with Gasteiger partial charge in [0.15, 0.2) is 0 Å². The van der Waals surface area contributed by atoms with Crippen LogP contribution in [0.1, 0.15) is 37.6 Å². The highest BCUT2D eigenvalue weighted by Gasteiger charge is 2.10. The number of hydrogen-bond donors (Lipinski definition) is 2. The lowest BCUT2D eigenvalue weighted by Crippen LogP contribution is -2.29. The van der Waals surface area contributed by atoms with Crippen LogP contribution in [-0.2, 0) is 4.79 Å². The van der Waals surface area contributed by atoms with Gasteiger partial charge in [-0.25, -0.2) is 9.82 Å². The van der Waals surface area contributed by atoms with Crippen LogP contribution in [0.4, 0.5) is 4.39 Å². The molecule has 5 nitrogen and oxygen atoms in total. The lowest BCUT2D eigenvalue weighted by atomic mass is 10.2. The van der Waals surface area contributed by atoms with Crippen molar-refractivity contribution in [3.63, 3.8) is 0 Å². The number of carbonyl (C=O) groups is 2. The molecule has 114 valence electrons. The van der Waals surface area contributed by atoms with Gasteiger partial charge in [0, 0.05) is 12.3 Å². The van der Waals surface area contributed by atoms with E-state index < -0.39 is 11.7 Å². The van der Waals surface area contributed by atoms with Gasteiger partial charge in [-0.15, -0.1) is 0 Å². The number of carbonyl (C=O) groups excluding carboxylic acids is 2. The highest BCUT2D eigenvalue weighted by Crippen LogP contribution is 2.05. The first-order valence-corrected chi connectivity index (χ1v) is 6.75. The molecule has 0 atom stereocenters. The molecule has 0 aliphatic rings. The van der Waals surface area contributed by atoms with Crippen molar-refractivity contribution in [1.29, 1.82) is 0 Å². The van der Waals surface area contributed by atoms with Crippen LogP contribution >= 0.6 is 0 Å². The summed E-state index contributed by atoms with van der Waals surface area (Å²) >= 11 is 0. The normalized spacial score (nSPS) is 11.4. The third kappa shape index (κ3) is 6.16. The zero-order valence-corrected chi connectivity index (χ0v) is 12.4. The smallest absolute Gasteiger partial charge is 0.274 e. The average molecular weight is 293 g/mol. The highest BCUT2D eigenvalue weighted by molar-refractivity contribution is 6.01. The van der Waals surface area contributed by atoms with Crippen molar-refractivity contribution in [3.8, 4) is 0 Å². The second-order valence-electron chi connectivity index (χ2n) is 5.14. The molecule has 0 aliphatic heterocycles. The molecule has 0 aliphatic carbocycles. The number of hydrazone groups is 1. The molecule has 2 amide bonds. The first-order chi connectivity index (χ1) is 9.90. The third-order valence-corrected chi connectivity index (χ3v) is 2.59. The van der Waals surface area contributed by atoms with Gasteiger partial charge in [-0.1, -0.05) is 26.0 Å². The summed E-state index contributed by atoms with van der Waals surface area (Å²) in [5.41, 5.74) is 2.60. The summed E-state index contributed by atoms with van der Waals surface area (Å²) in [6, 6.07) is 5.63. The second-order valence-corrected chi connectivity index (χ2v) is 5.14.